The molecular formula is C46H86O13Si3. The molecule has 0 unspecified atom stereocenters. The Morgan fingerprint density at radius 3 is 1.71 bits per heavy atom. The van der Waals surface area contributed by atoms with E-state index in [1.54, 1.807) is 21.3 Å². The molecule has 3 fully saturated rings. The largest absolute Gasteiger partial charge is 0.468 e. The van der Waals surface area contributed by atoms with Gasteiger partial charge in [-0.05, 0) is 66.9 Å². The van der Waals surface area contributed by atoms with E-state index >= 15 is 4.79 Å². The van der Waals surface area contributed by atoms with Gasteiger partial charge in [-0.1, -0.05) is 75.3 Å². The van der Waals surface area contributed by atoms with E-state index in [1.165, 1.54) is 14.2 Å². The summed E-state index contributed by atoms with van der Waals surface area (Å²) in [6, 6.07) is 0. The first kappa shape index (κ1) is 55.0. The van der Waals surface area contributed by atoms with Crippen molar-refractivity contribution in [2.75, 3.05) is 55.6 Å². The van der Waals surface area contributed by atoms with Crippen LogP contribution in [0.1, 0.15) is 82.6 Å². The summed E-state index contributed by atoms with van der Waals surface area (Å²) in [5.41, 5.74) is -0.668. The van der Waals surface area contributed by atoms with E-state index in [-0.39, 0.29) is 59.2 Å². The number of ketones is 1. The second-order valence-electron chi connectivity index (χ2n) is 22.7. The molecule has 13 nitrogen and oxygen atoms in total. The van der Waals surface area contributed by atoms with Crippen molar-refractivity contribution in [2.24, 2.45) is 35.5 Å². The van der Waals surface area contributed by atoms with Gasteiger partial charge in [-0.15, -0.1) is 0 Å². The zero-order chi connectivity index (χ0) is 47.8. The van der Waals surface area contributed by atoms with E-state index in [0.29, 0.717) is 0 Å². The number of carbonyl (C=O) groups is 3. The van der Waals surface area contributed by atoms with Gasteiger partial charge in [-0.2, -0.15) is 0 Å². The fourth-order valence-corrected chi connectivity index (χ4v) is 13.2. The molecule has 62 heavy (non-hydrogen) atoms. The van der Waals surface area contributed by atoms with Crippen LogP contribution in [0.3, 0.4) is 0 Å². The lowest BCUT2D eigenvalue weighted by Crippen LogP contribution is -2.66. The van der Waals surface area contributed by atoms with Crippen LogP contribution in [0.25, 0.3) is 0 Å². The van der Waals surface area contributed by atoms with Crippen LogP contribution >= 0.6 is 0 Å². The molecule has 1 aliphatic heterocycles. The van der Waals surface area contributed by atoms with Crippen molar-refractivity contribution in [1.29, 1.82) is 0 Å². The van der Waals surface area contributed by atoms with Crippen molar-refractivity contribution < 1.29 is 60.8 Å². The second-order valence-corrected chi connectivity index (χ2v) is 36.9. The summed E-state index contributed by atoms with van der Waals surface area (Å²) >= 11 is 0. The zero-order valence-corrected chi connectivity index (χ0v) is 45.6. The molecule has 3 rings (SSSR count). The third-order valence-electron chi connectivity index (χ3n) is 15.6. The summed E-state index contributed by atoms with van der Waals surface area (Å²) in [4.78, 5) is 43.1. The smallest absolute Gasteiger partial charge is 0.320 e. The Balaban J connectivity index is 2.52. The van der Waals surface area contributed by atoms with Gasteiger partial charge >= 0.3 is 11.9 Å². The van der Waals surface area contributed by atoms with Gasteiger partial charge in [0.05, 0.1) is 63.9 Å². The van der Waals surface area contributed by atoms with Crippen molar-refractivity contribution in [1.82, 2.24) is 0 Å². The predicted molar refractivity (Wildman–Crippen MR) is 248 cm³/mol. The van der Waals surface area contributed by atoms with Crippen molar-refractivity contribution >= 4 is 42.7 Å². The lowest BCUT2D eigenvalue weighted by atomic mass is 9.53. The normalized spacial score (nSPS) is 29.1. The van der Waals surface area contributed by atoms with Gasteiger partial charge in [-0.25, -0.2) is 0 Å². The van der Waals surface area contributed by atoms with Crippen LogP contribution in [0.15, 0.2) is 11.6 Å². The van der Waals surface area contributed by atoms with Crippen molar-refractivity contribution in [3.8, 4) is 0 Å². The minimum Gasteiger partial charge on any atom is -0.468 e. The molecule has 0 aromatic carbocycles. The number of carbonyl (C=O) groups excluding carboxylic acids is 3. The number of hydrogen-bond acceptors (Lipinski definition) is 13. The first-order valence-electron chi connectivity index (χ1n) is 22.4. The number of esters is 2. The maximum absolute atomic E-state index is 15.1. The minimum absolute atomic E-state index is 0.00879. The Morgan fingerprint density at radius 1 is 0.774 bits per heavy atom. The SMILES string of the molecule is COCO[C@@H]([C@H](C)/C=C(\C)[C@@]12O[C@H]3[C@H](O[Si](C)(C)C(C)(C)C)[C@H](COC)[C@@H](O[Si](C)(C)C(C)(C)C)[C@@H]1[C@H]3C(=O)C[C@@H]2C(C(=O)OC)C(=O)OC)[C@H](COC)O[Si](C)(C)C(C)(C)C. The third kappa shape index (κ3) is 10.9. The van der Waals surface area contributed by atoms with Crippen molar-refractivity contribution in [3.63, 3.8) is 0 Å². The van der Waals surface area contributed by atoms with E-state index in [1.807, 2.05) is 6.92 Å². The van der Waals surface area contributed by atoms with Gasteiger partial charge in [0, 0.05) is 51.4 Å². The Kier molecular flexibility index (Phi) is 18.0. The van der Waals surface area contributed by atoms with E-state index < -0.39 is 96.7 Å². The van der Waals surface area contributed by atoms with E-state index in [0.717, 1.165) is 5.57 Å². The quantitative estimate of drug-likeness (QED) is 0.0379. The summed E-state index contributed by atoms with van der Waals surface area (Å²) in [5, 5.41) is -0.485. The topological polar surface area (TPSA) is 144 Å². The lowest BCUT2D eigenvalue weighted by Gasteiger charge is -2.55. The number of rotatable bonds is 20. The number of methoxy groups -OCH3 is 5. The van der Waals surface area contributed by atoms with E-state index in [2.05, 4.69) is 115 Å². The number of Topliss-reactive ketones (excluding diaryl/α,β-unsaturated/α-hetero) is 1. The highest BCUT2D eigenvalue weighted by Gasteiger charge is 2.75. The molecule has 2 saturated carbocycles. The predicted octanol–water partition coefficient (Wildman–Crippen LogP) is 8.57. The zero-order valence-electron chi connectivity index (χ0n) is 42.6. The van der Waals surface area contributed by atoms with E-state index in [4.69, 9.17) is 46.4 Å². The summed E-state index contributed by atoms with van der Waals surface area (Å²) < 4.78 is 64.3. The molecule has 0 spiro atoms. The summed E-state index contributed by atoms with van der Waals surface area (Å²) in [5.74, 6) is -6.21. The molecule has 0 N–H and O–H groups in total. The maximum atomic E-state index is 15.1. The van der Waals surface area contributed by atoms with Crippen molar-refractivity contribution in [3.05, 3.63) is 11.6 Å². The van der Waals surface area contributed by atoms with Gasteiger partial charge in [0.2, 0.25) is 0 Å². The average Bonchev–Trinajstić information content (AvgIpc) is 3.38. The van der Waals surface area contributed by atoms with Gasteiger partial charge in [-0.3, -0.25) is 14.4 Å². The molecule has 0 aromatic rings. The van der Waals surface area contributed by atoms with Crippen molar-refractivity contribution in [2.45, 2.75) is 173 Å². The van der Waals surface area contributed by atoms with Gasteiger partial charge in [0.15, 0.2) is 30.9 Å². The van der Waals surface area contributed by atoms with Crippen LogP contribution in [0.5, 0.6) is 0 Å². The molecule has 360 valence electrons. The third-order valence-corrected chi connectivity index (χ3v) is 29.0. The van der Waals surface area contributed by atoms with Crippen LogP contribution in [0.2, 0.25) is 54.4 Å². The highest BCUT2D eigenvalue weighted by atomic mass is 28.4. The Hall–Kier alpha value is -1.32. The van der Waals surface area contributed by atoms with Gasteiger partial charge < -0.3 is 46.4 Å². The fraction of sp³-hybridized carbons (Fsp3) is 0.891. The molecule has 16 heteroatoms. The minimum atomic E-state index is -2.63. The van der Waals surface area contributed by atoms with Crippen LogP contribution in [0.4, 0.5) is 0 Å². The molecule has 11 atom stereocenters. The molecule has 4 bridgehead atoms. The van der Waals surface area contributed by atoms with Crippen LogP contribution < -0.4 is 0 Å². The lowest BCUT2D eigenvalue weighted by molar-refractivity contribution is -0.173. The van der Waals surface area contributed by atoms with Gasteiger partial charge in [0.25, 0.3) is 0 Å². The first-order chi connectivity index (χ1) is 28.3. The number of ether oxygens (including phenoxy) is 7. The molecule has 2 aliphatic carbocycles. The Bertz CT molecular complexity index is 1560. The highest BCUT2D eigenvalue weighted by Crippen LogP contribution is 2.64. The summed E-state index contributed by atoms with van der Waals surface area (Å²) in [6.07, 6.45) is -1.01. The molecule has 0 amide bonds. The molecular weight excluding hydrogens is 845 g/mol. The first-order valence-corrected chi connectivity index (χ1v) is 31.2. The molecule has 0 radical (unpaired) electrons. The average molecular weight is 931 g/mol. The summed E-state index contributed by atoms with van der Waals surface area (Å²) in [7, 11) is -0.127. The van der Waals surface area contributed by atoms with Gasteiger partial charge in [0.1, 0.15) is 18.2 Å². The molecule has 1 saturated heterocycles. The van der Waals surface area contributed by atoms with Crippen LogP contribution in [0, 0.1) is 35.5 Å². The molecule has 0 aromatic heterocycles. The molecule has 1 heterocycles. The second kappa shape index (κ2) is 20.3. The Labute approximate surface area is 378 Å². The van der Waals surface area contributed by atoms with E-state index in [9.17, 15) is 9.59 Å². The molecule has 3 aliphatic rings. The monoisotopic (exact) mass is 931 g/mol. The standard InChI is InChI=1S/C46H86O13Si3/c1-28(37(55-27-52-14)33(26-51-13)57-60(17,18)43(3,4)5)23-29(2)46-31(34(41(48)53-15)42(49)54-16)24-32(47)35-36(46)38(58-61(19,20)44(6,7)8)30(25-50-12)39(40(35)56-46)59-62(21,22)45(9,10)11/h23,28,30-31,33-40H,24-27H2,1-22H3/b29-23+/t28-,30-,31-,33+,35-,36+,37+,38-,39-,40-,46+/m1/s1. The van der Waals surface area contributed by atoms with Crippen LogP contribution in [-0.4, -0.2) is 134 Å². The summed E-state index contributed by atoms with van der Waals surface area (Å²) in [6.45, 7) is 37.5. The Morgan fingerprint density at radius 2 is 1.27 bits per heavy atom. The highest BCUT2D eigenvalue weighted by molar-refractivity contribution is 6.75. The fourth-order valence-electron chi connectivity index (χ4n) is 9.19. The number of hydrogen-bond donors (Lipinski definition) is 0. The van der Waals surface area contributed by atoms with Crippen LogP contribution in [-0.2, 0) is 60.8 Å². The maximum Gasteiger partial charge on any atom is 0.320 e.